The predicted molar refractivity (Wildman–Crippen MR) is 173 cm³/mol. The van der Waals surface area contributed by atoms with Gasteiger partial charge in [-0.05, 0) is 88.3 Å². The van der Waals surface area contributed by atoms with E-state index >= 15 is 0 Å². The molecule has 11 heteroatoms. The van der Waals surface area contributed by atoms with Gasteiger partial charge >= 0.3 is 0 Å². The van der Waals surface area contributed by atoms with Crippen LogP contribution >= 0.6 is 23.2 Å². The van der Waals surface area contributed by atoms with Gasteiger partial charge in [0.15, 0.2) is 0 Å². The van der Waals surface area contributed by atoms with Gasteiger partial charge in [-0.1, -0.05) is 29.3 Å². The smallest absolute Gasteiger partial charge is 0.253 e. The largest absolute Gasteiger partial charge is 0.358 e. The number of benzene rings is 2. The van der Waals surface area contributed by atoms with Gasteiger partial charge in [0, 0.05) is 68.8 Å². The zero-order valence-corrected chi connectivity index (χ0v) is 26.6. The third-order valence-corrected chi connectivity index (χ3v) is 9.73. The summed E-state index contributed by atoms with van der Waals surface area (Å²) in [6.45, 7) is 9.12. The van der Waals surface area contributed by atoms with E-state index in [-0.39, 0.29) is 11.7 Å². The Morgan fingerprint density at radius 2 is 1.93 bits per heavy atom. The summed E-state index contributed by atoms with van der Waals surface area (Å²) in [5.74, 6) is 0.0458. The van der Waals surface area contributed by atoms with E-state index in [9.17, 15) is 13.8 Å². The van der Waals surface area contributed by atoms with Gasteiger partial charge in [0.05, 0.1) is 22.1 Å². The number of anilines is 1. The molecule has 0 saturated carbocycles. The molecule has 0 spiro atoms. The molecule has 4 N–H and O–H groups in total. The van der Waals surface area contributed by atoms with E-state index in [0.29, 0.717) is 56.3 Å². The average molecular weight is 631 g/mol. The van der Waals surface area contributed by atoms with Crippen molar-refractivity contribution in [2.24, 2.45) is 0 Å². The number of likely N-dealkylation sites (tertiary alicyclic amines) is 1. The van der Waals surface area contributed by atoms with Crippen molar-refractivity contribution in [3.05, 3.63) is 80.1 Å². The normalized spacial score (nSPS) is 16.4. The Kier molecular flexibility index (Phi) is 11.0. The van der Waals surface area contributed by atoms with E-state index in [1.54, 1.807) is 36.4 Å². The number of carbonyl (C=O) groups is 2. The molecule has 1 fully saturated rings. The van der Waals surface area contributed by atoms with Crippen LogP contribution in [0.1, 0.15) is 51.8 Å². The van der Waals surface area contributed by atoms with Gasteiger partial charge in [-0.25, -0.2) is 0 Å². The number of nitrogens with zero attached hydrogens (tertiary/aromatic N) is 1. The van der Waals surface area contributed by atoms with E-state index in [1.165, 1.54) is 0 Å². The molecule has 3 aromatic rings. The highest BCUT2D eigenvalue weighted by Crippen LogP contribution is 2.32. The lowest BCUT2D eigenvalue weighted by Gasteiger charge is -2.16. The number of aromatic nitrogens is 1. The molecule has 1 aliphatic rings. The zero-order valence-electron chi connectivity index (χ0n) is 24.3. The molecule has 0 bridgehead atoms. The number of H-pyrrole nitrogens is 1. The highest BCUT2D eigenvalue weighted by atomic mass is 35.5. The Bertz CT molecular complexity index is 1500. The van der Waals surface area contributed by atoms with Crippen molar-refractivity contribution in [1.82, 2.24) is 20.5 Å². The lowest BCUT2D eigenvalue weighted by Crippen LogP contribution is -2.36. The van der Waals surface area contributed by atoms with E-state index in [1.807, 2.05) is 33.9 Å². The lowest BCUT2D eigenvalue weighted by atomic mass is 10.0. The predicted octanol–water partition coefficient (Wildman–Crippen LogP) is 5.40. The van der Waals surface area contributed by atoms with Crippen LogP contribution in [0.2, 0.25) is 10.0 Å². The number of carbonyl (C=O) groups excluding carboxylic acids is 2. The summed E-state index contributed by atoms with van der Waals surface area (Å²) in [6, 6.07) is 10.9. The topological polar surface area (TPSA) is 106 Å². The number of hydrogen-bond donors (Lipinski definition) is 4. The van der Waals surface area contributed by atoms with Gasteiger partial charge in [-0.3, -0.25) is 18.7 Å². The summed E-state index contributed by atoms with van der Waals surface area (Å²) in [7, 11) is 0.546. The second-order valence-corrected chi connectivity index (χ2v) is 12.7. The number of aryl methyl sites for hydroxylation is 1. The van der Waals surface area contributed by atoms with Crippen LogP contribution in [-0.4, -0.2) is 65.7 Å². The Morgan fingerprint density at radius 3 is 2.60 bits per heavy atom. The number of allylic oxidation sites excluding steroid dienone is 1. The SMILES string of the molecule is CNC1CCN(CCNC(=O)c2c(C)[nH]c(/C=C(\C)c3cc(S(=O)Cc4c(Cl)cccc4Cl)ccc3NC=O)c2C)C1. The van der Waals surface area contributed by atoms with Gasteiger partial charge in [0.25, 0.3) is 5.91 Å². The quantitative estimate of drug-likeness (QED) is 0.201. The summed E-state index contributed by atoms with van der Waals surface area (Å²) in [4.78, 5) is 30.7. The molecule has 2 atom stereocenters. The molecule has 1 saturated heterocycles. The van der Waals surface area contributed by atoms with Crippen molar-refractivity contribution >= 4 is 63.7 Å². The van der Waals surface area contributed by atoms with Crippen molar-refractivity contribution in [1.29, 1.82) is 0 Å². The molecule has 4 rings (SSSR count). The summed E-state index contributed by atoms with van der Waals surface area (Å²) in [5.41, 5.74) is 5.75. The standard InChI is InChI=1S/C31H37Cl2N5O3S/c1-19(14-29-20(2)30(21(3)37-29)31(40)35-11-13-38-12-10-22(16-38)34-4)24-15-23(8-9-28(24)36-18-39)42(41)17-25-26(32)6-5-7-27(25)33/h5-9,14-15,18,22,34,37H,10-13,16-17H2,1-4H3,(H,35,40)(H,36,39)/b19-14+. The maximum Gasteiger partial charge on any atom is 0.253 e. The van der Waals surface area contributed by atoms with Crippen LogP contribution < -0.4 is 16.0 Å². The van der Waals surface area contributed by atoms with Crippen molar-refractivity contribution < 1.29 is 13.8 Å². The van der Waals surface area contributed by atoms with Crippen molar-refractivity contribution in [3.8, 4) is 0 Å². The van der Waals surface area contributed by atoms with Crippen molar-refractivity contribution in [3.63, 3.8) is 0 Å². The van der Waals surface area contributed by atoms with Crippen LogP contribution in [0.15, 0.2) is 41.3 Å². The van der Waals surface area contributed by atoms with Crippen molar-refractivity contribution in [2.45, 2.75) is 43.9 Å². The summed E-state index contributed by atoms with van der Waals surface area (Å²) in [6.07, 6.45) is 3.66. The molecule has 1 aromatic heterocycles. The molecule has 42 heavy (non-hydrogen) atoms. The van der Waals surface area contributed by atoms with Gasteiger partial charge in [0.1, 0.15) is 0 Å². The van der Waals surface area contributed by atoms with E-state index in [4.69, 9.17) is 23.2 Å². The summed E-state index contributed by atoms with van der Waals surface area (Å²) < 4.78 is 13.3. The fourth-order valence-corrected chi connectivity index (χ4v) is 7.20. The first kappa shape index (κ1) is 32.0. The molecular weight excluding hydrogens is 593 g/mol. The molecule has 0 aliphatic carbocycles. The first-order chi connectivity index (χ1) is 20.1. The van der Waals surface area contributed by atoms with E-state index < -0.39 is 10.8 Å². The molecule has 2 amide bonds. The number of amides is 2. The van der Waals surface area contributed by atoms with Crippen molar-refractivity contribution in [2.75, 3.05) is 38.5 Å². The number of nitrogens with one attached hydrogen (secondary N) is 4. The third-order valence-electron chi connectivity index (χ3n) is 7.69. The third kappa shape index (κ3) is 7.51. The molecule has 2 aromatic carbocycles. The summed E-state index contributed by atoms with van der Waals surface area (Å²) in [5, 5.41) is 10.0. The minimum atomic E-state index is -1.44. The number of likely N-dealkylation sites (N-methyl/N-ethyl adjacent to an activating group) is 1. The fraction of sp³-hybridized carbons (Fsp3) is 0.355. The van der Waals surface area contributed by atoms with Crippen LogP contribution in [0.25, 0.3) is 11.6 Å². The molecule has 2 unspecified atom stereocenters. The van der Waals surface area contributed by atoms with Gasteiger partial charge < -0.3 is 20.9 Å². The molecule has 1 aliphatic heterocycles. The second-order valence-electron chi connectivity index (χ2n) is 10.5. The molecular formula is C31H37Cl2N5O3S. The summed E-state index contributed by atoms with van der Waals surface area (Å²) >= 11 is 12.6. The maximum absolute atomic E-state index is 13.3. The number of aromatic amines is 1. The maximum atomic E-state index is 13.3. The number of rotatable bonds is 12. The highest BCUT2D eigenvalue weighted by molar-refractivity contribution is 7.84. The van der Waals surface area contributed by atoms with Crippen LogP contribution in [-0.2, 0) is 21.3 Å². The van der Waals surface area contributed by atoms with Gasteiger partial charge in [-0.15, -0.1) is 0 Å². The first-order valence-electron chi connectivity index (χ1n) is 13.8. The molecule has 224 valence electrons. The molecule has 8 nitrogen and oxygen atoms in total. The molecule has 0 radical (unpaired) electrons. The van der Waals surface area contributed by atoms with Crippen LogP contribution in [0.3, 0.4) is 0 Å². The molecule has 2 heterocycles. The Balaban J connectivity index is 1.53. The lowest BCUT2D eigenvalue weighted by molar-refractivity contribution is -0.105. The van der Waals surface area contributed by atoms with Gasteiger partial charge in [0.2, 0.25) is 6.41 Å². The van der Waals surface area contributed by atoms with E-state index in [0.717, 1.165) is 48.6 Å². The zero-order chi connectivity index (χ0) is 30.4. The highest BCUT2D eigenvalue weighted by Gasteiger charge is 2.22. The Hall–Kier alpha value is -2.95. The monoisotopic (exact) mass is 629 g/mol. The number of hydrogen-bond acceptors (Lipinski definition) is 5. The second kappa shape index (κ2) is 14.5. The van der Waals surface area contributed by atoms with Crippen LogP contribution in [0.5, 0.6) is 0 Å². The van der Waals surface area contributed by atoms with Gasteiger partial charge in [-0.2, -0.15) is 0 Å². The average Bonchev–Trinajstić information content (AvgIpc) is 3.53. The Labute approximate surface area is 259 Å². The fourth-order valence-electron chi connectivity index (χ4n) is 5.31. The van der Waals surface area contributed by atoms with E-state index in [2.05, 4.69) is 25.8 Å². The number of halogens is 2. The minimum absolute atomic E-state index is 0.109. The Morgan fingerprint density at radius 1 is 1.19 bits per heavy atom. The first-order valence-corrected chi connectivity index (χ1v) is 15.9. The minimum Gasteiger partial charge on any atom is -0.358 e. The van der Waals surface area contributed by atoms with Crippen LogP contribution in [0, 0.1) is 13.8 Å². The van der Waals surface area contributed by atoms with Crippen LogP contribution in [0.4, 0.5) is 5.69 Å².